The highest BCUT2D eigenvalue weighted by molar-refractivity contribution is 5.55. The fourth-order valence-electron chi connectivity index (χ4n) is 2.52. The summed E-state index contributed by atoms with van der Waals surface area (Å²) >= 11 is 0. The van der Waals surface area contributed by atoms with Crippen LogP contribution in [0.15, 0.2) is 33.3 Å². The third kappa shape index (κ3) is 3.13. The van der Waals surface area contributed by atoms with Gasteiger partial charge in [-0.2, -0.15) is 9.97 Å². The SMILES string of the molecule is Cc1nc(COc2cccc(-c3nc(C4CCOC4)no3)c2)no1. The van der Waals surface area contributed by atoms with Gasteiger partial charge < -0.3 is 18.5 Å². The van der Waals surface area contributed by atoms with Gasteiger partial charge in [-0.25, -0.2) is 0 Å². The number of rotatable bonds is 5. The Morgan fingerprint density at radius 1 is 1.21 bits per heavy atom. The topological polar surface area (TPSA) is 96.3 Å². The lowest BCUT2D eigenvalue weighted by atomic mass is 10.1. The van der Waals surface area contributed by atoms with Gasteiger partial charge in [0.1, 0.15) is 5.75 Å². The third-order valence-electron chi connectivity index (χ3n) is 3.76. The van der Waals surface area contributed by atoms with Crippen LogP contribution in [0.5, 0.6) is 5.75 Å². The molecule has 1 unspecified atom stereocenters. The fourth-order valence-corrected chi connectivity index (χ4v) is 2.52. The lowest BCUT2D eigenvalue weighted by molar-refractivity contribution is 0.192. The molecular formula is C16H16N4O4. The summed E-state index contributed by atoms with van der Waals surface area (Å²) in [5.41, 5.74) is 0.800. The molecule has 8 nitrogen and oxygen atoms in total. The highest BCUT2D eigenvalue weighted by Gasteiger charge is 2.23. The van der Waals surface area contributed by atoms with E-state index in [1.807, 2.05) is 24.3 Å². The van der Waals surface area contributed by atoms with Gasteiger partial charge in [-0.05, 0) is 24.6 Å². The molecule has 1 fully saturated rings. The van der Waals surface area contributed by atoms with Gasteiger partial charge in [0.15, 0.2) is 12.4 Å². The van der Waals surface area contributed by atoms with E-state index in [9.17, 15) is 0 Å². The normalized spacial score (nSPS) is 17.3. The molecule has 0 amide bonds. The average molecular weight is 328 g/mol. The van der Waals surface area contributed by atoms with E-state index in [0.717, 1.165) is 18.6 Å². The number of ether oxygens (including phenoxy) is 2. The van der Waals surface area contributed by atoms with Crippen LogP contribution >= 0.6 is 0 Å². The largest absolute Gasteiger partial charge is 0.485 e. The molecule has 2 aromatic heterocycles. The zero-order valence-corrected chi connectivity index (χ0v) is 13.1. The smallest absolute Gasteiger partial charge is 0.258 e. The minimum Gasteiger partial charge on any atom is -0.485 e. The van der Waals surface area contributed by atoms with Gasteiger partial charge in [0, 0.05) is 25.0 Å². The van der Waals surface area contributed by atoms with Gasteiger partial charge in [0.2, 0.25) is 11.7 Å². The van der Waals surface area contributed by atoms with Crippen molar-refractivity contribution < 1.29 is 18.5 Å². The number of benzene rings is 1. The van der Waals surface area contributed by atoms with E-state index >= 15 is 0 Å². The first-order valence-corrected chi connectivity index (χ1v) is 7.72. The number of aromatic nitrogens is 4. The molecule has 0 saturated carbocycles. The first-order chi connectivity index (χ1) is 11.8. The zero-order valence-electron chi connectivity index (χ0n) is 13.1. The van der Waals surface area contributed by atoms with Gasteiger partial charge >= 0.3 is 0 Å². The summed E-state index contributed by atoms with van der Waals surface area (Å²) in [5.74, 6) is 3.05. The Hall–Kier alpha value is -2.74. The third-order valence-corrected chi connectivity index (χ3v) is 3.76. The highest BCUT2D eigenvalue weighted by Crippen LogP contribution is 2.27. The van der Waals surface area contributed by atoms with E-state index in [-0.39, 0.29) is 12.5 Å². The first kappa shape index (κ1) is 14.8. The van der Waals surface area contributed by atoms with Crippen LogP contribution in [0.3, 0.4) is 0 Å². The highest BCUT2D eigenvalue weighted by atomic mass is 16.5. The van der Waals surface area contributed by atoms with Crippen LogP contribution in [0, 0.1) is 6.92 Å². The molecule has 24 heavy (non-hydrogen) atoms. The van der Waals surface area contributed by atoms with E-state index in [4.69, 9.17) is 18.5 Å². The molecule has 124 valence electrons. The van der Waals surface area contributed by atoms with Crippen LogP contribution in [0.2, 0.25) is 0 Å². The van der Waals surface area contributed by atoms with Crippen molar-refractivity contribution in [3.63, 3.8) is 0 Å². The molecular weight excluding hydrogens is 312 g/mol. The lowest BCUT2D eigenvalue weighted by Crippen LogP contribution is -1.99. The van der Waals surface area contributed by atoms with Crippen LogP contribution in [-0.2, 0) is 11.3 Å². The monoisotopic (exact) mass is 328 g/mol. The van der Waals surface area contributed by atoms with E-state index in [1.165, 1.54) is 0 Å². The van der Waals surface area contributed by atoms with Crippen LogP contribution in [-0.4, -0.2) is 33.5 Å². The Morgan fingerprint density at radius 3 is 2.96 bits per heavy atom. The Morgan fingerprint density at radius 2 is 2.17 bits per heavy atom. The molecule has 8 heteroatoms. The van der Waals surface area contributed by atoms with Crippen molar-refractivity contribution in [1.29, 1.82) is 0 Å². The number of aryl methyl sites for hydroxylation is 1. The maximum Gasteiger partial charge on any atom is 0.258 e. The minimum atomic E-state index is 0.211. The van der Waals surface area contributed by atoms with E-state index in [2.05, 4.69) is 20.3 Å². The summed E-state index contributed by atoms with van der Waals surface area (Å²) in [6, 6.07) is 7.45. The molecule has 1 atom stereocenters. The molecule has 0 spiro atoms. The van der Waals surface area contributed by atoms with Crippen molar-refractivity contribution >= 4 is 0 Å². The van der Waals surface area contributed by atoms with Crippen molar-refractivity contribution in [1.82, 2.24) is 20.3 Å². The Labute approximate surface area is 137 Å². The quantitative estimate of drug-likeness (QED) is 0.705. The van der Waals surface area contributed by atoms with Gasteiger partial charge in [-0.3, -0.25) is 0 Å². The van der Waals surface area contributed by atoms with Gasteiger partial charge in [0.25, 0.3) is 5.89 Å². The van der Waals surface area contributed by atoms with Crippen LogP contribution in [0.25, 0.3) is 11.5 Å². The van der Waals surface area contributed by atoms with Crippen molar-refractivity contribution in [2.45, 2.75) is 25.9 Å². The number of hydrogen-bond acceptors (Lipinski definition) is 8. The van der Waals surface area contributed by atoms with Crippen LogP contribution in [0.1, 0.15) is 29.9 Å². The minimum absolute atomic E-state index is 0.211. The second kappa shape index (κ2) is 6.40. The average Bonchev–Trinajstić information content (AvgIpc) is 3.34. The maximum atomic E-state index is 5.68. The lowest BCUT2D eigenvalue weighted by Gasteiger charge is -2.04. The summed E-state index contributed by atoms with van der Waals surface area (Å²) in [6.45, 7) is 3.36. The molecule has 0 aliphatic carbocycles. The van der Waals surface area contributed by atoms with Crippen molar-refractivity contribution in [3.8, 4) is 17.2 Å². The molecule has 3 aromatic rings. The summed E-state index contributed by atoms with van der Waals surface area (Å²) in [5, 5.41) is 7.86. The summed E-state index contributed by atoms with van der Waals surface area (Å²) in [6.07, 6.45) is 0.923. The summed E-state index contributed by atoms with van der Waals surface area (Å²) in [4.78, 5) is 8.57. The summed E-state index contributed by atoms with van der Waals surface area (Å²) < 4.78 is 21.3. The zero-order chi connectivity index (χ0) is 16.4. The maximum absolute atomic E-state index is 5.68. The fraction of sp³-hybridized carbons (Fsp3) is 0.375. The standard InChI is InChI=1S/C16H16N4O4/c1-10-17-14(19-23-10)9-22-13-4-2-3-11(7-13)16-18-15(20-24-16)12-5-6-21-8-12/h2-4,7,12H,5-6,8-9H2,1H3. The van der Waals surface area contributed by atoms with Crippen LogP contribution in [0.4, 0.5) is 0 Å². The molecule has 0 bridgehead atoms. The molecule has 1 aliphatic heterocycles. The molecule has 1 saturated heterocycles. The van der Waals surface area contributed by atoms with Crippen molar-refractivity contribution in [2.75, 3.05) is 13.2 Å². The van der Waals surface area contributed by atoms with Crippen molar-refractivity contribution in [2.24, 2.45) is 0 Å². The Bertz CT molecular complexity index is 823. The predicted molar refractivity (Wildman–Crippen MR) is 81.3 cm³/mol. The molecule has 0 N–H and O–H groups in total. The number of hydrogen-bond donors (Lipinski definition) is 0. The first-order valence-electron chi connectivity index (χ1n) is 7.72. The Balaban J connectivity index is 1.47. The second-order valence-corrected chi connectivity index (χ2v) is 5.56. The summed E-state index contributed by atoms with van der Waals surface area (Å²) in [7, 11) is 0. The van der Waals surface area contributed by atoms with E-state index in [1.54, 1.807) is 6.92 Å². The van der Waals surface area contributed by atoms with Gasteiger partial charge in [-0.15, -0.1) is 0 Å². The van der Waals surface area contributed by atoms with Crippen LogP contribution < -0.4 is 4.74 Å². The number of nitrogens with zero attached hydrogens (tertiary/aromatic N) is 4. The molecule has 4 rings (SSSR count). The van der Waals surface area contributed by atoms with E-state index in [0.29, 0.717) is 35.8 Å². The Kier molecular flexibility index (Phi) is 3.96. The van der Waals surface area contributed by atoms with Gasteiger partial charge in [0.05, 0.1) is 6.61 Å². The molecule has 3 heterocycles. The van der Waals surface area contributed by atoms with Crippen molar-refractivity contribution in [3.05, 3.63) is 41.8 Å². The molecule has 1 aromatic carbocycles. The molecule has 1 aliphatic rings. The molecule has 0 radical (unpaired) electrons. The second-order valence-electron chi connectivity index (χ2n) is 5.56. The van der Waals surface area contributed by atoms with E-state index < -0.39 is 0 Å². The van der Waals surface area contributed by atoms with Gasteiger partial charge in [-0.1, -0.05) is 16.4 Å². The predicted octanol–water partition coefficient (Wildman–Crippen LogP) is 2.51.